The molecule has 1 atom stereocenters. The molecule has 20 heavy (non-hydrogen) atoms. The van der Waals surface area contributed by atoms with Crippen LogP contribution in [0.15, 0.2) is 47.5 Å². The third-order valence-electron chi connectivity index (χ3n) is 3.46. The minimum Gasteiger partial charge on any atom is -0.496 e. The average Bonchev–Trinajstić information content (AvgIpc) is 2.47. The lowest BCUT2D eigenvalue weighted by atomic mass is 10.0. The fourth-order valence-electron chi connectivity index (χ4n) is 2.26. The molecule has 0 aromatic heterocycles. The van der Waals surface area contributed by atoms with Gasteiger partial charge in [-0.25, -0.2) is 0 Å². The van der Waals surface area contributed by atoms with E-state index < -0.39 is 0 Å². The quantitative estimate of drug-likeness (QED) is 0.748. The van der Waals surface area contributed by atoms with E-state index >= 15 is 0 Å². The van der Waals surface area contributed by atoms with Gasteiger partial charge in [-0.3, -0.25) is 4.99 Å². The van der Waals surface area contributed by atoms with Crippen LogP contribution in [0, 0.1) is 13.8 Å². The summed E-state index contributed by atoms with van der Waals surface area (Å²) in [5.41, 5.74) is 4.83. The first-order valence-corrected chi connectivity index (χ1v) is 6.85. The van der Waals surface area contributed by atoms with Gasteiger partial charge in [-0.05, 0) is 44.0 Å². The summed E-state index contributed by atoms with van der Waals surface area (Å²) in [5, 5.41) is 0. The van der Waals surface area contributed by atoms with E-state index in [1.54, 1.807) is 7.11 Å². The van der Waals surface area contributed by atoms with Crippen LogP contribution in [-0.2, 0) is 0 Å². The number of benzene rings is 2. The Kier molecular flexibility index (Phi) is 4.57. The fourth-order valence-corrected chi connectivity index (χ4v) is 2.26. The lowest BCUT2D eigenvalue weighted by molar-refractivity contribution is 0.414. The first-order valence-electron chi connectivity index (χ1n) is 6.85. The number of rotatable bonds is 4. The molecular weight excluding hydrogens is 246 g/mol. The van der Waals surface area contributed by atoms with Gasteiger partial charge < -0.3 is 4.74 Å². The lowest BCUT2D eigenvalue weighted by Gasteiger charge is -2.11. The van der Waals surface area contributed by atoms with Gasteiger partial charge in [0, 0.05) is 11.8 Å². The molecule has 0 aliphatic rings. The molecule has 0 aliphatic carbocycles. The molecule has 0 N–H and O–H groups in total. The number of para-hydroxylation sites is 1. The highest BCUT2D eigenvalue weighted by Gasteiger charge is 2.07. The molecule has 0 radical (unpaired) electrons. The van der Waals surface area contributed by atoms with Gasteiger partial charge in [0.05, 0.1) is 13.2 Å². The maximum atomic E-state index is 5.33. The normalized spacial score (nSPS) is 12.6. The van der Waals surface area contributed by atoms with Crippen LogP contribution in [0.5, 0.6) is 5.75 Å². The molecule has 0 heterocycles. The Labute approximate surface area is 121 Å². The monoisotopic (exact) mass is 267 g/mol. The van der Waals surface area contributed by atoms with Crippen molar-refractivity contribution in [3.05, 3.63) is 64.7 Å². The predicted octanol–water partition coefficient (Wildman–Crippen LogP) is 4.49. The van der Waals surface area contributed by atoms with Gasteiger partial charge >= 0.3 is 0 Å². The van der Waals surface area contributed by atoms with Crippen LogP contribution in [-0.4, -0.2) is 13.3 Å². The second kappa shape index (κ2) is 6.38. The Morgan fingerprint density at radius 1 is 1.10 bits per heavy atom. The smallest absolute Gasteiger partial charge is 0.127 e. The molecule has 0 saturated carbocycles. The van der Waals surface area contributed by atoms with Crippen molar-refractivity contribution in [2.45, 2.75) is 26.8 Å². The molecular formula is C18H21NO. The van der Waals surface area contributed by atoms with Crippen LogP contribution in [0.4, 0.5) is 0 Å². The number of nitrogens with zero attached hydrogens (tertiary/aromatic N) is 1. The molecule has 0 unspecified atom stereocenters. The Hall–Kier alpha value is -2.09. The third-order valence-corrected chi connectivity index (χ3v) is 3.46. The van der Waals surface area contributed by atoms with Crippen LogP contribution in [0.2, 0.25) is 0 Å². The third kappa shape index (κ3) is 3.27. The maximum absolute atomic E-state index is 5.33. The van der Waals surface area contributed by atoms with Crippen LogP contribution < -0.4 is 4.74 Å². The van der Waals surface area contributed by atoms with Gasteiger partial charge in [0.25, 0.3) is 0 Å². The second-order valence-corrected chi connectivity index (χ2v) is 5.06. The highest BCUT2D eigenvalue weighted by atomic mass is 16.5. The number of methoxy groups -OCH3 is 1. The zero-order valence-electron chi connectivity index (χ0n) is 12.6. The van der Waals surface area contributed by atoms with E-state index in [1.165, 1.54) is 16.7 Å². The van der Waals surface area contributed by atoms with Gasteiger partial charge in [0.15, 0.2) is 0 Å². The molecule has 0 fully saturated rings. The number of hydrogen-bond donors (Lipinski definition) is 0. The highest BCUT2D eigenvalue weighted by molar-refractivity contribution is 5.83. The largest absolute Gasteiger partial charge is 0.496 e. The van der Waals surface area contributed by atoms with Gasteiger partial charge in [-0.1, -0.05) is 35.9 Å². The Morgan fingerprint density at radius 3 is 2.60 bits per heavy atom. The fraction of sp³-hybridized carbons (Fsp3) is 0.278. The second-order valence-electron chi connectivity index (χ2n) is 5.06. The van der Waals surface area contributed by atoms with Crippen molar-refractivity contribution in [3.8, 4) is 5.75 Å². The van der Waals surface area contributed by atoms with Gasteiger partial charge in [-0.15, -0.1) is 0 Å². The molecule has 0 saturated heterocycles. The van der Waals surface area contributed by atoms with Crippen LogP contribution in [0.1, 0.15) is 35.2 Å². The Balaban J connectivity index is 2.24. The van der Waals surface area contributed by atoms with Gasteiger partial charge in [0.1, 0.15) is 5.75 Å². The molecule has 2 aromatic rings. The first-order chi connectivity index (χ1) is 9.61. The Bertz CT molecular complexity index is 617. The number of hydrogen-bond acceptors (Lipinski definition) is 2. The van der Waals surface area contributed by atoms with Crippen molar-refractivity contribution in [2.75, 3.05) is 7.11 Å². The molecule has 104 valence electrons. The summed E-state index contributed by atoms with van der Waals surface area (Å²) < 4.78 is 5.33. The zero-order chi connectivity index (χ0) is 14.5. The van der Waals surface area contributed by atoms with Crippen molar-refractivity contribution in [1.29, 1.82) is 0 Å². The highest BCUT2D eigenvalue weighted by Crippen LogP contribution is 2.23. The summed E-state index contributed by atoms with van der Waals surface area (Å²) in [7, 11) is 1.68. The van der Waals surface area contributed by atoms with E-state index in [1.807, 2.05) is 30.5 Å². The van der Waals surface area contributed by atoms with Crippen LogP contribution >= 0.6 is 0 Å². The van der Waals surface area contributed by atoms with Crippen LogP contribution in [0.25, 0.3) is 0 Å². The summed E-state index contributed by atoms with van der Waals surface area (Å²) in [6, 6.07) is 14.5. The lowest BCUT2D eigenvalue weighted by Crippen LogP contribution is -1.96. The van der Waals surface area contributed by atoms with Crippen molar-refractivity contribution in [2.24, 2.45) is 4.99 Å². The van der Waals surface area contributed by atoms with E-state index in [4.69, 9.17) is 4.74 Å². The van der Waals surface area contributed by atoms with Crippen molar-refractivity contribution in [1.82, 2.24) is 0 Å². The molecule has 0 spiro atoms. The summed E-state index contributed by atoms with van der Waals surface area (Å²) >= 11 is 0. The molecule has 2 rings (SSSR count). The maximum Gasteiger partial charge on any atom is 0.127 e. The molecule has 0 bridgehead atoms. The van der Waals surface area contributed by atoms with E-state index in [-0.39, 0.29) is 6.04 Å². The zero-order valence-corrected chi connectivity index (χ0v) is 12.6. The summed E-state index contributed by atoms with van der Waals surface area (Å²) in [5.74, 6) is 0.851. The van der Waals surface area contributed by atoms with Crippen molar-refractivity contribution < 1.29 is 4.74 Å². The van der Waals surface area contributed by atoms with Crippen molar-refractivity contribution >= 4 is 6.21 Å². The molecule has 0 amide bonds. The number of ether oxygens (including phenoxy) is 1. The van der Waals surface area contributed by atoms with Crippen molar-refractivity contribution in [3.63, 3.8) is 0 Å². The minimum atomic E-state index is 0.139. The number of aryl methyl sites for hydroxylation is 2. The molecule has 0 aliphatic heterocycles. The summed E-state index contributed by atoms with van der Waals surface area (Å²) in [6.07, 6.45) is 1.89. The average molecular weight is 267 g/mol. The minimum absolute atomic E-state index is 0.139. The summed E-state index contributed by atoms with van der Waals surface area (Å²) in [6.45, 7) is 6.36. The first kappa shape index (κ1) is 14.3. The van der Waals surface area contributed by atoms with E-state index in [0.29, 0.717) is 0 Å². The van der Waals surface area contributed by atoms with E-state index in [2.05, 4.69) is 44.0 Å². The Morgan fingerprint density at radius 2 is 1.85 bits per heavy atom. The van der Waals surface area contributed by atoms with E-state index in [0.717, 1.165) is 11.3 Å². The standard InChI is InChI=1S/C18H21NO/c1-13-9-10-14(2)17(11-13)15(3)19-12-16-7-5-6-8-18(16)20-4/h5-12,15H,1-4H3/t15-/m1/s1. The van der Waals surface area contributed by atoms with Gasteiger partial charge in [-0.2, -0.15) is 0 Å². The predicted molar refractivity (Wildman–Crippen MR) is 84.9 cm³/mol. The molecule has 2 heteroatoms. The van der Waals surface area contributed by atoms with Gasteiger partial charge in [0.2, 0.25) is 0 Å². The van der Waals surface area contributed by atoms with Crippen LogP contribution in [0.3, 0.4) is 0 Å². The molecule has 2 nitrogen and oxygen atoms in total. The SMILES string of the molecule is COc1ccccc1C=N[C@H](C)c1cc(C)ccc1C. The number of aliphatic imine (C=N–C) groups is 1. The molecule has 2 aromatic carbocycles. The topological polar surface area (TPSA) is 21.6 Å². The summed E-state index contributed by atoms with van der Waals surface area (Å²) in [4.78, 5) is 4.67. The van der Waals surface area contributed by atoms with E-state index in [9.17, 15) is 0 Å².